The number of hydrogen-bond acceptors (Lipinski definition) is 4. The molecule has 0 amide bonds. The van der Waals surface area contributed by atoms with E-state index < -0.39 is 0 Å². The molecule has 1 aromatic carbocycles. The van der Waals surface area contributed by atoms with Gasteiger partial charge in [-0.2, -0.15) is 5.26 Å². The summed E-state index contributed by atoms with van der Waals surface area (Å²) in [5.41, 5.74) is 1.77. The van der Waals surface area contributed by atoms with Crippen molar-refractivity contribution in [3.05, 3.63) is 29.8 Å². The summed E-state index contributed by atoms with van der Waals surface area (Å²) in [6, 6.07) is 10.2. The third kappa shape index (κ3) is 3.19. The molecule has 0 radical (unpaired) electrons. The number of likely N-dealkylation sites (N-methyl/N-ethyl adjacent to an activating group) is 1. The van der Waals surface area contributed by atoms with Crippen molar-refractivity contribution in [3.8, 4) is 6.07 Å². The van der Waals surface area contributed by atoms with Crippen molar-refractivity contribution in [1.82, 2.24) is 10.2 Å². The number of nitriles is 1. The van der Waals surface area contributed by atoms with Crippen molar-refractivity contribution in [3.63, 3.8) is 0 Å². The van der Waals surface area contributed by atoms with Gasteiger partial charge in [0.1, 0.15) is 0 Å². The Hall–Kier alpha value is -1.57. The highest BCUT2D eigenvalue weighted by Crippen LogP contribution is 2.09. The Morgan fingerprint density at radius 1 is 1.47 bits per heavy atom. The summed E-state index contributed by atoms with van der Waals surface area (Å²) >= 11 is 0. The summed E-state index contributed by atoms with van der Waals surface area (Å²) in [7, 11) is 2.16. The second kappa shape index (κ2) is 5.67. The van der Waals surface area contributed by atoms with Crippen molar-refractivity contribution < 1.29 is 0 Å². The molecule has 0 saturated carbocycles. The van der Waals surface area contributed by atoms with E-state index in [1.807, 2.05) is 24.3 Å². The van der Waals surface area contributed by atoms with Crippen LogP contribution in [0.4, 0.5) is 5.69 Å². The van der Waals surface area contributed by atoms with Gasteiger partial charge in [0.25, 0.3) is 0 Å². The van der Waals surface area contributed by atoms with Crippen molar-refractivity contribution in [2.24, 2.45) is 0 Å². The van der Waals surface area contributed by atoms with Crippen LogP contribution in [0, 0.1) is 11.3 Å². The third-order valence-corrected chi connectivity index (χ3v) is 3.20. The lowest BCUT2D eigenvalue weighted by Crippen LogP contribution is -2.52. The number of hydrogen-bond donors (Lipinski definition) is 2. The van der Waals surface area contributed by atoms with Crippen LogP contribution in [-0.2, 0) is 0 Å². The molecule has 0 bridgehead atoms. The van der Waals surface area contributed by atoms with Gasteiger partial charge in [-0.25, -0.2) is 0 Å². The molecule has 90 valence electrons. The predicted molar refractivity (Wildman–Crippen MR) is 68.9 cm³/mol. The van der Waals surface area contributed by atoms with Crippen molar-refractivity contribution in [1.29, 1.82) is 5.26 Å². The fourth-order valence-electron chi connectivity index (χ4n) is 1.99. The molecule has 0 aromatic heterocycles. The smallest absolute Gasteiger partial charge is 0.0991 e. The van der Waals surface area contributed by atoms with Gasteiger partial charge in [0, 0.05) is 37.9 Å². The van der Waals surface area contributed by atoms with E-state index in [0.29, 0.717) is 11.6 Å². The van der Waals surface area contributed by atoms with E-state index in [2.05, 4.69) is 28.7 Å². The van der Waals surface area contributed by atoms with Gasteiger partial charge in [0.05, 0.1) is 11.6 Å². The van der Waals surface area contributed by atoms with Gasteiger partial charge >= 0.3 is 0 Å². The molecule has 2 rings (SSSR count). The average molecular weight is 230 g/mol. The van der Waals surface area contributed by atoms with Crippen LogP contribution in [0.5, 0.6) is 0 Å². The SMILES string of the molecule is CN1CCNCC1CNc1ccc(C#N)cc1. The summed E-state index contributed by atoms with van der Waals surface area (Å²) in [5.74, 6) is 0. The van der Waals surface area contributed by atoms with E-state index in [1.54, 1.807) is 0 Å². The van der Waals surface area contributed by atoms with Crippen LogP contribution >= 0.6 is 0 Å². The Morgan fingerprint density at radius 3 is 2.88 bits per heavy atom. The van der Waals surface area contributed by atoms with E-state index in [4.69, 9.17) is 5.26 Å². The van der Waals surface area contributed by atoms with E-state index in [0.717, 1.165) is 31.9 Å². The lowest BCUT2D eigenvalue weighted by Gasteiger charge is -2.33. The maximum Gasteiger partial charge on any atom is 0.0991 e. The maximum atomic E-state index is 8.71. The molecule has 0 aliphatic carbocycles. The molecular weight excluding hydrogens is 212 g/mol. The first kappa shape index (κ1) is 11.9. The molecule has 4 nitrogen and oxygen atoms in total. The standard InChI is InChI=1S/C13H18N4/c1-17-7-6-15-9-13(17)10-16-12-4-2-11(8-14)3-5-12/h2-5,13,15-16H,6-7,9-10H2,1H3. The van der Waals surface area contributed by atoms with Gasteiger partial charge in [-0.15, -0.1) is 0 Å². The van der Waals surface area contributed by atoms with Crippen LogP contribution in [0.25, 0.3) is 0 Å². The Labute approximate surface area is 102 Å². The topological polar surface area (TPSA) is 51.1 Å². The highest BCUT2D eigenvalue weighted by atomic mass is 15.2. The first-order chi connectivity index (χ1) is 8.29. The quantitative estimate of drug-likeness (QED) is 0.809. The maximum absolute atomic E-state index is 8.71. The molecule has 1 atom stereocenters. The van der Waals surface area contributed by atoms with Crippen LogP contribution in [0.2, 0.25) is 0 Å². The fraction of sp³-hybridized carbons (Fsp3) is 0.462. The molecule has 1 unspecified atom stereocenters. The Bertz CT molecular complexity index is 393. The van der Waals surface area contributed by atoms with E-state index >= 15 is 0 Å². The van der Waals surface area contributed by atoms with Gasteiger partial charge in [0.2, 0.25) is 0 Å². The van der Waals surface area contributed by atoms with Crippen molar-refractivity contribution in [2.45, 2.75) is 6.04 Å². The minimum atomic E-state index is 0.527. The molecule has 1 aliphatic rings. The van der Waals surface area contributed by atoms with Gasteiger partial charge in [-0.1, -0.05) is 0 Å². The summed E-state index contributed by atoms with van der Waals surface area (Å²) in [6.07, 6.45) is 0. The largest absolute Gasteiger partial charge is 0.383 e. The predicted octanol–water partition coefficient (Wildman–Crippen LogP) is 0.874. The lowest BCUT2D eigenvalue weighted by molar-refractivity contribution is 0.209. The molecule has 2 N–H and O–H groups in total. The van der Waals surface area contributed by atoms with E-state index in [1.165, 1.54) is 0 Å². The summed E-state index contributed by atoms with van der Waals surface area (Å²) in [6.45, 7) is 4.12. The monoisotopic (exact) mass is 230 g/mol. The highest BCUT2D eigenvalue weighted by molar-refractivity contribution is 5.47. The average Bonchev–Trinajstić information content (AvgIpc) is 2.38. The van der Waals surface area contributed by atoms with Gasteiger partial charge in [-0.3, -0.25) is 4.90 Å². The van der Waals surface area contributed by atoms with Crippen LogP contribution in [0.3, 0.4) is 0 Å². The lowest BCUT2D eigenvalue weighted by atomic mass is 10.2. The van der Waals surface area contributed by atoms with Gasteiger partial charge in [-0.05, 0) is 31.3 Å². The molecule has 1 saturated heterocycles. The number of benzene rings is 1. The number of rotatable bonds is 3. The molecule has 4 heteroatoms. The number of piperazine rings is 1. The second-order valence-electron chi connectivity index (χ2n) is 4.41. The zero-order chi connectivity index (χ0) is 12.1. The molecular formula is C13H18N4. The van der Waals surface area contributed by atoms with Crippen LogP contribution in [-0.4, -0.2) is 44.2 Å². The number of nitrogens with one attached hydrogen (secondary N) is 2. The first-order valence-corrected chi connectivity index (χ1v) is 5.94. The Kier molecular flexibility index (Phi) is 3.97. The zero-order valence-electron chi connectivity index (χ0n) is 10.1. The summed E-state index contributed by atoms with van der Waals surface area (Å²) in [5, 5.41) is 15.5. The first-order valence-electron chi connectivity index (χ1n) is 5.94. The minimum Gasteiger partial charge on any atom is -0.383 e. The molecule has 1 aliphatic heterocycles. The zero-order valence-corrected chi connectivity index (χ0v) is 10.1. The summed E-state index contributed by atoms with van der Waals surface area (Å²) in [4.78, 5) is 2.37. The molecule has 0 spiro atoms. The van der Waals surface area contributed by atoms with Crippen LogP contribution in [0.15, 0.2) is 24.3 Å². The fourth-order valence-corrected chi connectivity index (χ4v) is 1.99. The number of anilines is 1. The molecule has 1 heterocycles. The Morgan fingerprint density at radius 2 is 2.24 bits per heavy atom. The van der Waals surface area contributed by atoms with Crippen LogP contribution < -0.4 is 10.6 Å². The van der Waals surface area contributed by atoms with Crippen LogP contribution in [0.1, 0.15) is 5.56 Å². The van der Waals surface area contributed by atoms with E-state index in [-0.39, 0.29) is 0 Å². The number of nitrogens with zero attached hydrogens (tertiary/aromatic N) is 2. The van der Waals surface area contributed by atoms with Crippen molar-refractivity contribution >= 4 is 5.69 Å². The van der Waals surface area contributed by atoms with Gasteiger partial charge in [0.15, 0.2) is 0 Å². The highest BCUT2D eigenvalue weighted by Gasteiger charge is 2.17. The molecule has 17 heavy (non-hydrogen) atoms. The van der Waals surface area contributed by atoms with E-state index in [9.17, 15) is 0 Å². The van der Waals surface area contributed by atoms with Crippen molar-refractivity contribution in [2.75, 3.05) is 38.5 Å². The second-order valence-corrected chi connectivity index (χ2v) is 4.41. The molecule has 1 fully saturated rings. The normalized spacial score (nSPS) is 20.8. The third-order valence-electron chi connectivity index (χ3n) is 3.20. The Balaban J connectivity index is 1.86. The molecule has 1 aromatic rings. The summed E-state index contributed by atoms with van der Waals surface area (Å²) < 4.78 is 0. The minimum absolute atomic E-state index is 0.527. The van der Waals surface area contributed by atoms with Gasteiger partial charge < -0.3 is 10.6 Å².